The summed E-state index contributed by atoms with van der Waals surface area (Å²) in [6, 6.07) is 9.18. The molecule has 1 fully saturated rings. The molecular weight excluding hydrogens is 335 g/mol. The molecule has 0 saturated carbocycles. The number of hydrogen-bond donors (Lipinski definition) is 0. The van der Waals surface area contributed by atoms with E-state index in [0.29, 0.717) is 22.6 Å². The van der Waals surface area contributed by atoms with Crippen molar-refractivity contribution >= 4 is 17.4 Å². The molecule has 1 saturated heterocycles. The Balaban J connectivity index is 1.74. The molecule has 0 N–H and O–H groups in total. The summed E-state index contributed by atoms with van der Waals surface area (Å²) in [6.45, 7) is 1.58. The molecule has 0 spiro atoms. The van der Waals surface area contributed by atoms with E-state index in [1.165, 1.54) is 23.3 Å². The van der Waals surface area contributed by atoms with Crippen molar-refractivity contribution in [2.75, 3.05) is 13.1 Å². The molecule has 0 unspecified atom stereocenters. The van der Waals surface area contributed by atoms with Gasteiger partial charge in [0.2, 0.25) is 0 Å². The van der Waals surface area contributed by atoms with Gasteiger partial charge in [0.25, 0.3) is 11.8 Å². The number of halogens is 1. The Kier molecular flexibility index (Phi) is 4.32. The van der Waals surface area contributed by atoms with Crippen LogP contribution in [-0.4, -0.2) is 34.7 Å². The molecule has 1 aromatic carbocycles. The summed E-state index contributed by atoms with van der Waals surface area (Å²) in [5.41, 5.74) is 1.34. The first-order chi connectivity index (χ1) is 12.6. The molecule has 134 valence electrons. The van der Waals surface area contributed by atoms with Gasteiger partial charge >= 0.3 is 0 Å². The van der Waals surface area contributed by atoms with E-state index in [0.717, 1.165) is 32.4 Å². The zero-order chi connectivity index (χ0) is 18.1. The molecule has 2 aromatic rings. The highest BCUT2D eigenvalue weighted by Crippen LogP contribution is 2.34. The maximum Gasteiger partial charge on any atom is 0.278 e. The van der Waals surface area contributed by atoms with Crippen LogP contribution < -0.4 is 0 Å². The van der Waals surface area contributed by atoms with Crippen LogP contribution in [0, 0.1) is 5.82 Å². The molecule has 26 heavy (non-hydrogen) atoms. The Morgan fingerprint density at radius 3 is 2.35 bits per heavy atom. The molecule has 4 rings (SSSR count). The van der Waals surface area contributed by atoms with Gasteiger partial charge in [-0.15, -0.1) is 0 Å². The maximum atomic E-state index is 13.3. The highest BCUT2D eigenvalue weighted by atomic mass is 19.1. The number of nitrogens with zero attached hydrogens (tertiary/aromatic N) is 2. The number of furan rings is 1. The molecule has 0 atom stereocenters. The van der Waals surface area contributed by atoms with Gasteiger partial charge in [-0.05, 0) is 49.1 Å². The number of benzene rings is 1. The third-order valence-electron chi connectivity index (χ3n) is 4.84. The SMILES string of the molecule is O=C1C(c2ccc(F)cc2)=C(N2CCCCC2)C(=O)N1Cc1ccco1. The quantitative estimate of drug-likeness (QED) is 0.792. The summed E-state index contributed by atoms with van der Waals surface area (Å²) in [6.07, 6.45) is 4.60. The van der Waals surface area contributed by atoms with E-state index in [1.807, 2.05) is 4.90 Å². The third-order valence-corrected chi connectivity index (χ3v) is 4.84. The van der Waals surface area contributed by atoms with E-state index in [9.17, 15) is 14.0 Å². The Morgan fingerprint density at radius 2 is 1.69 bits per heavy atom. The van der Waals surface area contributed by atoms with Gasteiger partial charge in [0.05, 0.1) is 18.4 Å². The van der Waals surface area contributed by atoms with Crippen LogP contribution in [0.2, 0.25) is 0 Å². The van der Waals surface area contributed by atoms with Crippen molar-refractivity contribution in [1.29, 1.82) is 0 Å². The molecule has 2 aliphatic rings. The van der Waals surface area contributed by atoms with Crippen molar-refractivity contribution in [1.82, 2.24) is 9.80 Å². The second-order valence-electron chi connectivity index (χ2n) is 6.55. The predicted molar refractivity (Wildman–Crippen MR) is 93.0 cm³/mol. The lowest BCUT2D eigenvalue weighted by Crippen LogP contribution is -2.36. The third kappa shape index (κ3) is 2.92. The van der Waals surface area contributed by atoms with Gasteiger partial charge in [-0.1, -0.05) is 12.1 Å². The number of rotatable bonds is 4. The molecule has 2 amide bonds. The van der Waals surface area contributed by atoms with Crippen molar-refractivity contribution in [2.45, 2.75) is 25.8 Å². The van der Waals surface area contributed by atoms with Gasteiger partial charge in [0, 0.05) is 13.1 Å². The standard InChI is InChI=1S/C20H19FN2O3/c21-15-8-6-14(7-9-15)17-18(22-10-2-1-3-11-22)20(25)23(19(17)24)13-16-5-4-12-26-16/h4-9,12H,1-3,10-11,13H2. The van der Waals surface area contributed by atoms with Crippen LogP contribution in [0.25, 0.3) is 5.57 Å². The van der Waals surface area contributed by atoms with Crippen LogP contribution in [0.5, 0.6) is 0 Å². The number of hydrogen-bond acceptors (Lipinski definition) is 4. The molecule has 0 aliphatic carbocycles. The minimum Gasteiger partial charge on any atom is -0.467 e. The fourth-order valence-electron chi connectivity index (χ4n) is 3.55. The Bertz CT molecular complexity index is 850. The Morgan fingerprint density at radius 1 is 0.962 bits per heavy atom. The lowest BCUT2D eigenvalue weighted by Gasteiger charge is -2.29. The molecule has 3 heterocycles. The molecular formula is C20H19FN2O3. The fourth-order valence-corrected chi connectivity index (χ4v) is 3.55. The second kappa shape index (κ2) is 6.78. The lowest BCUT2D eigenvalue weighted by molar-refractivity contribution is -0.138. The highest BCUT2D eigenvalue weighted by molar-refractivity contribution is 6.35. The van der Waals surface area contributed by atoms with Gasteiger partial charge in [-0.25, -0.2) is 4.39 Å². The Hall–Kier alpha value is -2.89. The zero-order valence-corrected chi connectivity index (χ0v) is 14.3. The van der Waals surface area contributed by atoms with Crippen LogP contribution in [0.3, 0.4) is 0 Å². The monoisotopic (exact) mass is 354 g/mol. The van der Waals surface area contributed by atoms with Crippen LogP contribution in [0.4, 0.5) is 4.39 Å². The smallest absolute Gasteiger partial charge is 0.278 e. The van der Waals surface area contributed by atoms with Crippen molar-refractivity contribution in [3.63, 3.8) is 0 Å². The first-order valence-electron chi connectivity index (χ1n) is 8.79. The predicted octanol–water partition coefficient (Wildman–Crippen LogP) is 3.18. The van der Waals surface area contributed by atoms with Gasteiger partial charge in [0.1, 0.15) is 17.3 Å². The van der Waals surface area contributed by atoms with Crippen LogP contribution in [-0.2, 0) is 16.1 Å². The summed E-state index contributed by atoms with van der Waals surface area (Å²) < 4.78 is 18.6. The highest BCUT2D eigenvalue weighted by Gasteiger charge is 2.42. The normalized spacial score (nSPS) is 18.2. The first kappa shape index (κ1) is 16.6. The molecule has 0 radical (unpaired) electrons. The zero-order valence-electron chi connectivity index (χ0n) is 14.3. The van der Waals surface area contributed by atoms with E-state index >= 15 is 0 Å². The molecule has 5 nitrogen and oxygen atoms in total. The summed E-state index contributed by atoms with van der Waals surface area (Å²) in [7, 11) is 0. The Labute approximate surface area is 150 Å². The summed E-state index contributed by atoms with van der Waals surface area (Å²) in [5, 5.41) is 0. The van der Waals surface area contributed by atoms with E-state index in [1.54, 1.807) is 24.3 Å². The maximum absolute atomic E-state index is 13.3. The molecule has 0 bridgehead atoms. The topological polar surface area (TPSA) is 53.8 Å². The first-order valence-corrected chi connectivity index (χ1v) is 8.79. The number of piperidine rings is 1. The number of carbonyl (C=O) groups is 2. The van der Waals surface area contributed by atoms with Gasteiger partial charge < -0.3 is 9.32 Å². The summed E-state index contributed by atoms with van der Waals surface area (Å²) >= 11 is 0. The largest absolute Gasteiger partial charge is 0.467 e. The second-order valence-corrected chi connectivity index (χ2v) is 6.55. The average Bonchev–Trinajstić information content (AvgIpc) is 3.25. The van der Waals surface area contributed by atoms with Gasteiger partial charge in [-0.2, -0.15) is 0 Å². The van der Waals surface area contributed by atoms with Crippen LogP contribution >= 0.6 is 0 Å². The summed E-state index contributed by atoms with van der Waals surface area (Å²) in [4.78, 5) is 29.3. The summed E-state index contributed by atoms with van der Waals surface area (Å²) in [5.74, 6) is -0.505. The molecule has 1 aromatic heterocycles. The van der Waals surface area contributed by atoms with E-state index < -0.39 is 0 Å². The molecule has 6 heteroatoms. The van der Waals surface area contributed by atoms with Gasteiger partial charge in [0.15, 0.2) is 0 Å². The van der Waals surface area contributed by atoms with Crippen molar-refractivity contribution < 1.29 is 18.4 Å². The number of amides is 2. The molecule has 2 aliphatic heterocycles. The van der Waals surface area contributed by atoms with Crippen LogP contribution in [0.1, 0.15) is 30.6 Å². The number of carbonyl (C=O) groups excluding carboxylic acids is 2. The van der Waals surface area contributed by atoms with Crippen molar-refractivity contribution in [3.8, 4) is 0 Å². The number of likely N-dealkylation sites (tertiary alicyclic amines) is 1. The van der Waals surface area contributed by atoms with E-state index in [4.69, 9.17) is 4.42 Å². The number of imide groups is 1. The lowest BCUT2D eigenvalue weighted by atomic mass is 10.0. The fraction of sp³-hybridized carbons (Fsp3) is 0.300. The van der Waals surface area contributed by atoms with Crippen LogP contribution in [0.15, 0.2) is 52.8 Å². The van der Waals surface area contributed by atoms with Crippen molar-refractivity contribution in [2.24, 2.45) is 0 Å². The van der Waals surface area contributed by atoms with E-state index in [2.05, 4.69) is 0 Å². The minimum absolute atomic E-state index is 0.0900. The average molecular weight is 354 g/mol. The minimum atomic E-state index is -0.377. The van der Waals surface area contributed by atoms with E-state index in [-0.39, 0.29) is 24.2 Å². The van der Waals surface area contributed by atoms with Gasteiger partial charge in [-0.3, -0.25) is 14.5 Å². The van der Waals surface area contributed by atoms with Crippen molar-refractivity contribution in [3.05, 3.63) is 65.5 Å².